The van der Waals surface area contributed by atoms with Crippen LogP contribution in [0.15, 0.2) is 34.5 Å². The second-order valence-corrected chi connectivity index (χ2v) is 4.87. The van der Waals surface area contributed by atoms with Gasteiger partial charge in [-0.15, -0.1) is 0 Å². The van der Waals surface area contributed by atoms with Crippen molar-refractivity contribution in [2.24, 2.45) is 0 Å². The Labute approximate surface area is 135 Å². The topological polar surface area (TPSA) is 134 Å². The van der Waals surface area contributed by atoms with Crippen LogP contribution in [0, 0.1) is 0 Å². The quantitative estimate of drug-likeness (QED) is 0.519. The van der Waals surface area contributed by atoms with E-state index in [-0.39, 0.29) is 11.5 Å². The van der Waals surface area contributed by atoms with Gasteiger partial charge < -0.3 is 24.5 Å². The summed E-state index contributed by atoms with van der Waals surface area (Å²) < 4.78 is 10.4. The summed E-state index contributed by atoms with van der Waals surface area (Å²) in [4.78, 5) is 32.9. The highest BCUT2D eigenvalue weighted by Gasteiger charge is 2.19. The molecule has 0 saturated heterocycles. The Balaban J connectivity index is 2.56. The first-order valence-corrected chi connectivity index (χ1v) is 6.98. The molecule has 2 rings (SSSR count). The minimum atomic E-state index is -1.53. The van der Waals surface area contributed by atoms with Crippen molar-refractivity contribution in [1.82, 2.24) is 0 Å². The molecular formula is C16H14O8. The molecule has 0 atom stereocenters. The summed E-state index contributed by atoms with van der Waals surface area (Å²) in [6.07, 6.45) is 1.58. The van der Waals surface area contributed by atoms with Crippen LogP contribution in [0.1, 0.15) is 29.5 Å². The second-order valence-electron chi connectivity index (χ2n) is 4.87. The maximum atomic E-state index is 11.1. The number of carboxylic acids is 3. The third-order valence-corrected chi connectivity index (χ3v) is 3.17. The molecule has 0 aliphatic rings. The monoisotopic (exact) mass is 334 g/mol. The molecule has 8 heteroatoms. The smallest absolute Gasteiger partial charge is 0.372 e. The number of aliphatic carboxylic acids is 2. The summed E-state index contributed by atoms with van der Waals surface area (Å²) in [6.45, 7) is 1.88. The number of furan rings is 1. The summed E-state index contributed by atoms with van der Waals surface area (Å²) in [5, 5.41) is 27.3. The molecule has 3 N–H and O–H groups in total. The highest BCUT2D eigenvalue weighted by molar-refractivity contribution is 5.95. The van der Waals surface area contributed by atoms with Crippen molar-refractivity contribution in [3.05, 3.63) is 41.4 Å². The molecule has 1 heterocycles. The van der Waals surface area contributed by atoms with Crippen molar-refractivity contribution < 1.29 is 38.9 Å². The Morgan fingerprint density at radius 1 is 1.21 bits per heavy atom. The first kappa shape index (κ1) is 17.1. The number of rotatable bonds is 7. The minimum absolute atomic E-state index is 0.136. The number of carbonyl (C=O) groups is 3. The van der Waals surface area contributed by atoms with Gasteiger partial charge in [-0.2, -0.15) is 0 Å². The van der Waals surface area contributed by atoms with Crippen LogP contribution < -0.4 is 4.74 Å². The summed E-state index contributed by atoms with van der Waals surface area (Å²) in [5.74, 6) is -5.08. The number of carboxylic acid groups (broad SMARTS) is 3. The summed E-state index contributed by atoms with van der Waals surface area (Å²) in [6, 6.07) is 4.19. The zero-order chi connectivity index (χ0) is 17.9. The van der Waals surface area contributed by atoms with Crippen molar-refractivity contribution in [3.8, 4) is 5.75 Å². The van der Waals surface area contributed by atoms with Gasteiger partial charge in [0.2, 0.25) is 11.5 Å². The fourth-order valence-electron chi connectivity index (χ4n) is 2.22. The van der Waals surface area contributed by atoms with Crippen LogP contribution in [0.4, 0.5) is 0 Å². The van der Waals surface area contributed by atoms with Gasteiger partial charge in [0.15, 0.2) is 0 Å². The number of aryl methyl sites for hydroxylation is 1. The Kier molecular flexibility index (Phi) is 4.88. The number of hydrogen-bond acceptors (Lipinski definition) is 5. The average Bonchev–Trinajstić information content (AvgIpc) is 2.93. The van der Waals surface area contributed by atoms with E-state index < -0.39 is 23.7 Å². The van der Waals surface area contributed by atoms with Crippen molar-refractivity contribution in [2.45, 2.75) is 19.8 Å². The number of ether oxygens (including phenoxy) is 1. The van der Waals surface area contributed by atoms with Crippen molar-refractivity contribution in [3.63, 3.8) is 0 Å². The Bertz CT molecular complexity index is 843. The summed E-state index contributed by atoms with van der Waals surface area (Å²) in [7, 11) is 0. The van der Waals surface area contributed by atoms with Gasteiger partial charge in [-0.1, -0.05) is 13.3 Å². The summed E-state index contributed by atoms with van der Waals surface area (Å²) >= 11 is 0. The van der Waals surface area contributed by atoms with Gasteiger partial charge in [0, 0.05) is 10.9 Å². The highest BCUT2D eigenvalue weighted by atomic mass is 16.5. The number of aromatic carboxylic acids is 1. The fourth-order valence-corrected chi connectivity index (χ4v) is 2.22. The first-order chi connectivity index (χ1) is 11.3. The van der Waals surface area contributed by atoms with Crippen LogP contribution in [-0.2, 0) is 16.0 Å². The van der Waals surface area contributed by atoms with E-state index >= 15 is 0 Å². The number of hydrogen-bond donors (Lipinski definition) is 3. The lowest BCUT2D eigenvalue weighted by Gasteiger charge is -2.11. The molecule has 24 heavy (non-hydrogen) atoms. The molecule has 8 nitrogen and oxygen atoms in total. The zero-order valence-electron chi connectivity index (χ0n) is 12.6. The normalized spacial score (nSPS) is 11.5. The van der Waals surface area contributed by atoms with Crippen molar-refractivity contribution in [2.75, 3.05) is 0 Å². The number of fused-ring (bicyclic) bond motifs is 1. The Hall–Kier alpha value is -3.29. The average molecular weight is 334 g/mol. The van der Waals surface area contributed by atoms with Gasteiger partial charge in [-0.3, -0.25) is 0 Å². The van der Waals surface area contributed by atoms with Crippen molar-refractivity contribution >= 4 is 28.9 Å². The lowest BCUT2D eigenvalue weighted by Crippen LogP contribution is -2.11. The summed E-state index contributed by atoms with van der Waals surface area (Å²) in [5.41, 5.74) is 0.867. The maximum Gasteiger partial charge on any atom is 0.372 e. The highest BCUT2D eigenvalue weighted by Crippen LogP contribution is 2.32. The zero-order valence-corrected chi connectivity index (χ0v) is 12.6. The Morgan fingerprint density at radius 3 is 2.46 bits per heavy atom. The van der Waals surface area contributed by atoms with Crippen LogP contribution >= 0.6 is 0 Å². The molecule has 1 aromatic heterocycles. The predicted molar refractivity (Wildman–Crippen MR) is 81.2 cm³/mol. The molecule has 126 valence electrons. The van der Waals surface area contributed by atoms with Gasteiger partial charge in [-0.05, 0) is 24.6 Å². The molecular weight excluding hydrogens is 320 g/mol. The molecule has 0 aliphatic heterocycles. The fraction of sp³-hybridized carbons (Fsp3) is 0.188. The predicted octanol–water partition coefficient (Wildman–Crippen LogP) is 2.52. The van der Waals surface area contributed by atoms with Crippen molar-refractivity contribution in [1.29, 1.82) is 0 Å². The van der Waals surface area contributed by atoms with Gasteiger partial charge in [-0.25, -0.2) is 14.4 Å². The molecule has 0 spiro atoms. The van der Waals surface area contributed by atoms with Gasteiger partial charge >= 0.3 is 17.9 Å². The molecule has 0 unspecified atom stereocenters. The Morgan fingerprint density at radius 2 is 1.92 bits per heavy atom. The van der Waals surface area contributed by atoms with E-state index in [1.807, 2.05) is 6.92 Å². The molecule has 2 aromatic rings. The number of benzene rings is 1. The third kappa shape index (κ3) is 3.54. The molecule has 0 amide bonds. The van der Waals surface area contributed by atoms with Crippen LogP contribution in [0.25, 0.3) is 11.0 Å². The van der Waals surface area contributed by atoms with Crippen LogP contribution in [0.2, 0.25) is 0 Å². The second kappa shape index (κ2) is 6.86. The molecule has 0 bridgehead atoms. The largest absolute Gasteiger partial charge is 0.478 e. The lowest BCUT2D eigenvalue weighted by molar-refractivity contribution is -0.137. The molecule has 1 aromatic carbocycles. The molecule has 0 fully saturated rings. The van der Waals surface area contributed by atoms with E-state index in [0.29, 0.717) is 35.5 Å². The lowest BCUT2D eigenvalue weighted by atomic mass is 10.0. The van der Waals surface area contributed by atoms with Crippen LogP contribution in [-0.4, -0.2) is 33.2 Å². The molecule has 0 saturated carbocycles. The van der Waals surface area contributed by atoms with E-state index in [9.17, 15) is 14.4 Å². The molecule has 0 radical (unpaired) electrons. The van der Waals surface area contributed by atoms with E-state index in [1.54, 1.807) is 0 Å². The van der Waals surface area contributed by atoms with Gasteiger partial charge in [0.25, 0.3) is 0 Å². The van der Waals surface area contributed by atoms with Crippen LogP contribution in [0.5, 0.6) is 5.75 Å². The standard InChI is InChI=1S/C16H14O8/c1-2-3-8-9-6-12(15(19)20)24-11(9)5-4-10(8)23-13(16(21)22)7-14(17)18/h4-7H,2-3H2,1H3,(H,17,18)(H,19,20)(H,21,22). The maximum absolute atomic E-state index is 11.1. The first-order valence-electron chi connectivity index (χ1n) is 6.98. The minimum Gasteiger partial charge on any atom is -0.478 e. The van der Waals surface area contributed by atoms with E-state index in [4.69, 9.17) is 24.5 Å². The molecule has 0 aliphatic carbocycles. The van der Waals surface area contributed by atoms with Gasteiger partial charge in [0.1, 0.15) is 11.3 Å². The third-order valence-electron chi connectivity index (χ3n) is 3.17. The van der Waals surface area contributed by atoms with E-state index in [2.05, 4.69) is 0 Å². The van der Waals surface area contributed by atoms with Gasteiger partial charge in [0.05, 0.1) is 6.08 Å². The van der Waals surface area contributed by atoms with Crippen LogP contribution in [0.3, 0.4) is 0 Å². The SMILES string of the molecule is CCCc1c(OC(=CC(=O)O)C(=O)O)ccc2oc(C(=O)O)cc12. The van der Waals surface area contributed by atoms with E-state index in [1.165, 1.54) is 18.2 Å². The van der Waals surface area contributed by atoms with E-state index in [0.717, 1.165) is 0 Å².